The highest BCUT2D eigenvalue weighted by Gasteiger charge is 2.31. The SMILES string of the molecule is Cc1cccc(Oc2ccccc2N2CC(CBr)CC2=O)c1. The molecule has 1 atom stereocenters. The number of rotatable bonds is 4. The Hall–Kier alpha value is -1.81. The van der Waals surface area contributed by atoms with Crippen LogP contribution in [0.1, 0.15) is 12.0 Å². The van der Waals surface area contributed by atoms with E-state index in [9.17, 15) is 4.79 Å². The quantitative estimate of drug-likeness (QED) is 0.750. The van der Waals surface area contributed by atoms with E-state index in [1.54, 1.807) is 0 Å². The Kier molecular flexibility index (Phi) is 4.48. The number of carbonyl (C=O) groups excluding carboxylic acids is 1. The first-order valence-electron chi connectivity index (χ1n) is 7.37. The molecule has 1 unspecified atom stereocenters. The third kappa shape index (κ3) is 3.17. The van der Waals surface area contributed by atoms with Crippen LogP contribution in [-0.2, 0) is 4.79 Å². The summed E-state index contributed by atoms with van der Waals surface area (Å²) in [4.78, 5) is 14.1. The predicted octanol–water partition coefficient (Wildman–Crippen LogP) is 4.54. The van der Waals surface area contributed by atoms with Crippen LogP contribution in [0, 0.1) is 12.8 Å². The lowest BCUT2D eigenvalue weighted by Gasteiger charge is -2.20. The number of hydrogen-bond donors (Lipinski definition) is 0. The molecule has 1 heterocycles. The molecule has 0 aliphatic carbocycles. The predicted molar refractivity (Wildman–Crippen MR) is 91.9 cm³/mol. The van der Waals surface area contributed by atoms with Crippen LogP contribution in [0.5, 0.6) is 11.5 Å². The van der Waals surface area contributed by atoms with Gasteiger partial charge in [0.05, 0.1) is 5.69 Å². The highest BCUT2D eigenvalue weighted by Crippen LogP contribution is 2.36. The summed E-state index contributed by atoms with van der Waals surface area (Å²) in [5.74, 6) is 2.03. The van der Waals surface area contributed by atoms with Crippen molar-refractivity contribution in [1.82, 2.24) is 0 Å². The Balaban J connectivity index is 1.89. The number of amides is 1. The van der Waals surface area contributed by atoms with Crippen molar-refractivity contribution in [3.05, 3.63) is 54.1 Å². The summed E-state index contributed by atoms with van der Waals surface area (Å²) in [5, 5.41) is 0.843. The molecule has 0 aromatic heterocycles. The van der Waals surface area contributed by atoms with Crippen LogP contribution in [0.4, 0.5) is 5.69 Å². The molecule has 1 saturated heterocycles. The molecule has 2 aromatic rings. The number of alkyl halides is 1. The Bertz CT molecular complexity index is 686. The Morgan fingerprint density at radius 2 is 2.05 bits per heavy atom. The van der Waals surface area contributed by atoms with Gasteiger partial charge in [0.1, 0.15) is 5.75 Å². The van der Waals surface area contributed by atoms with Crippen LogP contribution in [0.2, 0.25) is 0 Å². The van der Waals surface area contributed by atoms with Crippen molar-refractivity contribution in [1.29, 1.82) is 0 Å². The molecule has 0 radical (unpaired) electrons. The first kappa shape index (κ1) is 15.1. The molecule has 3 rings (SSSR count). The maximum absolute atomic E-state index is 12.3. The standard InChI is InChI=1S/C18H18BrNO2/c1-13-5-4-6-15(9-13)22-17-8-3-2-7-16(17)20-12-14(11-19)10-18(20)21/h2-9,14H,10-12H2,1H3. The van der Waals surface area contributed by atoms with E-state index in [0.717, 1.165) is 34.6 Å². The zero-order valence-electron chi connectivity index (χ0n) is 12.5. The summed E-state index contributed by atoms with van der Waals surface area (Å²) in [6.45, 7) is 2.77. The summed E-state index contributed by atoms with van der Waals surface area (Å²) >= 11 is 3.47. The minimum Gasteiger partial charge on any atom is -0.455 e. The van der Waals surface area contributed by atoms with Crippen molar-refractivity contribution in [3.63, 3.8) is 0 Å². The van der Waals surface area contributed by atoms with E-state index in [4.69, 9.17) is 4.74 Å². The number of nitrogens with zero attached hydrogens (tertiary/aromatic N) is 1. The molecule has 0 saturated carbocycles. The Labute approximate surface area is 139 Å². The summed E-state index contributed by atoms with van der Waals surface area (Å²) in [6.07, 6.45) is 0.587. The van der Waals surface area contributed by atoms with E-state index in [-0.39, 0.29) is 5.91 Å². The van der Waals surface area contributed by atoms with Crippen LogP contribution in [0.3, 0.4) is 0 Å². The van der Waals surface area contributed by atoms with Gasteiger partial charge >= 0.3 is 0 Å². The molecule has 114 valence electrons. The van der Waals surface area contributed by atoms with E-state index in [1.807, 2.05) is 60.4 Å². The number of carbonyl (C=O) groups is 1. The average molecular weight is 360 g/mol. The third-order valence-corrected chi connectivity index (χ3v) is 4.71. The van der Waals surface area contributed by atoms with Crippen molar-refractivity contribution in [2.75, 3.05) is 16.8 Å². The fourth-order valence-electron chi connectivity index (χ4n) is 2.69. The number of benzene rings is 2. The number of anilines is 1. The Morgan fingerprint density at radius 3 is 2.77 bits per heavy atom. The summed E-state index contributed by atoms with van der Waals surface area (Å²) in [6, 6.07) is 15.6. The maximum atomic E-state index is 12.3. The van der Waals surface area contributed by atoms with Crippen LogP contribution >= 0.6 is 15.9 Å². The van der Waals surface area contributed by atoms with Crippen LogP contribution in [-0.4, -0.2) is 17.8 Å². The summed E-state index contributed by atoms with van der Waals surface area (Å²) in [5.41, 5.74) is 1.99. The van der Waals surface area contributed by atoms with Gasteiger partial charge in [-0.1, -0.05) is 40.2 Å². The van der Waals surface area contributed by atoms with Crippen molar-refractivity contribution in [2.45, 2.75) is 13.3 Å². The zero-order chi connectivity index (χ0) is 15.5. The van der Waals surface area contributed by atoms with E-state index >= 15 is 0 Å². The lowest BCUT2D eigenvalue weighted by Crippen LogP contribution is -2.25. The fourth-order valence-corrected chi connectivity index (χ4v) is 3.12. The highest BCUT2D eigenvalue weighted by molar-refractivity contribution is 9.09. The minimum absolute atomic E-state index is 0.157. The normalized spacial score (nSPS) is 17.8. The van der Waals surface area contributed by atoms with Gasteiger partial charge in [-0.3, -0.25) is 4.79 Å². The van der Waals surface area contributed by atoms with E-state index in [0.29, 0.717) is 12.3 Å². The van der Waals surface area contributed by atoms with Gasteiger partial charge in [0.15, 0.2) is 5.75 Å². The number of para-hydroxylation sites is 2. The van der Waals surface area contributed by atoms with Crippen LogP contribution < -0.4 is 9.64 Å². The molecule has 4 heteroatoms. The molecule has 0 spiro atoms. The molecule has 0 bridgehead atoms. The molecule has 1 aliphatic heterocycles. The minimum atomic E-state index is 0.157. The van der Waals surface area contributed by atoms with Gasteiger partial charge in [-0.2, -0.15) is 0 Å². The van der Waals surface area contributed by atoms with E-state index < -0.39 is 0 Å². The van der Waals surface area contributed by atoms with Crippen molar-refractivity contribution < 1.29 is 9.53 Å². The van der Waals surface area contributed by atoms with Gasteiger partial charge in [0.25, 0.3) is 0 Å². The molecule has 1 amide bonds. The molecule has 22 heavy (non-hydrogen) atoms. The molecule has 1 aliphatic rings. The number of aryl methyl sites for hydroxylation is 1. The van der Waals surface area contributed by atoms with Gasteiger partial charge in [0.2, 0.25) is 5.91 Å². The monoisotopic (exact) mass is 359 g/mol. The fraction of sp³-hybridized carbons (Fsp3) is 0.278. The lowest BCUT2D eigenvalue weighted by atomic mass is 10.2. The molecular formula is C18H18BrNO2. The van der Waals surface area contributed by atoms with Crippen molar-refractivity contribution in [2.24, 2.45) is 5.92 Å². The third-order valence-electron chi connectivity index (χ3n) is 3.80. The van der Waals surface area contributed by atoms with E-state index in [2.05, 4.69) is 15.9 Å². The second-order valence-electron chi connectivity index (χ2n) is 5.62. The molecule has 0 N–H and O–H groups in total. The molecule has 3 nitrogen and oxygen atoms in total. The summed E-state index contributed by atoms with van der Waals surface area (Å²) < 4.78 is 6.01. The Morgan fingerprint density at radius 1 is 1.23 bits per heavy atom. The summed E-state index contributed by atoms with van der Waals surface area (Å²) in [7, 11) is 0. The first-order chi connectivity index (χ1) is 10.7. The van der Waals surface area contributed by atoms with Crippen molar-refractivity contribution in [3.8, 4) is 11.5 Å². The van der Waals surface area contributed by atoms with Gasteiger partial charge in [-0.25, -0.2) is 0 Å². The second kappa shape index (κ2) is 6.53. The van der Waals surface area contributed by atoms with Gasteiger partial charge in [0, 0.05) is 18.3 Å². The topological polar surface area (TPSA) is 29.5 Å². The lowest BCUT2D eigenvalue weighted by molar-refractivity contribution is -0.117. The number of ether oxygens (including phenoxy) is 1. The smallest absolute Gasteiger partial charge is 0.227 e. The van der Waals surface area contributed by atoms with Crippen molar-refractivity contribution >= 4 is 27.5 Å². The van der Waals surface area contributed by atoms with Gasteiger partial charge < -0.3 is 9.64 Å². The second-order valence-corrected chi connectivity index (χ2v) is 6.26. The van der Waals surface area contributed by atoms with E-state index in [1.165, 1.54) is 0 Å². The van der Waals surface area contributed by atoms with Crippen LogP contribution in [0.25, 0.3) is 0 Å². The number of hydrogen-bond acceptors (Lipinski definition) is 2. The molecule has 2 aromatic carbocycles. The molecule has 1 fully saturated rings. The highest BCUT2D eigenvalue weighted by atomic mass is 79.9. The average Bonchev–Trinajstić information content (AvgIpc) is 2.89. The van der Waals surface area contributed by atoms with Gasteiger partial charge in [-0.15, -0.1) is 0 Å². The zero-order valence-corrected chi connectivity index (χ0v) is 14.0. The number of halogens is 1. The first-order valence-corrected chi connectivity index (χ1v) is 8.49. The maximum Gasteiger partial charge on any atom is 0.227 e. The largest absolute Gasteiger partial charge is 0.455 e. The molecular weight excluding hydrogens is 342 g/mol. The van der Waals surface area contributed by atoms with Gasteiger partial charge in [-0.05, 0) is 42.7 Å². The van der Waals surface area contributed by atoms with Crippen LogP contribution in [0.15, 0.2) is 48.5 Å².